The number of para-hydroxylation sites is 1. The summed E-state index contributed by atoms with van der Waals surface area (Å²) in [4.78, 5) is 25.8. The molecule has 0 saturated heterocycles. The quantitative estimate of drug-likeness (QED) is 0.135. The third-order valence-corrected chi connectivity index (χ3v) is 8.68. The van der Waals surface area contributed by atoms with Crippen LogP contribution in [-0.2, 0) is 29.2 Å². The number of ether oxygens (including phenoxy) is 2. The Morgan fingerprint density at radius 2 is 1.41 bits per heavy atom. The van der Waals surface area contributed by atoms with Gasteiger partial charge in [-0.15, -0.1) is 0 Å². The van der Waals surface area contributed by atoms with Gasteiger partial charge >= 0.3 is 5.97 Å². The summed E-state index contributed by atoms with van der Waals surface area (Å²) in [5, 5.41) is 4.47. The lowest BCUT2D eigenvalue weighted by atomic mass is 10.1. The minimum absolute atomic E-state index is 0.236. The fourth-order valence-electron chi connectivity index (χ4n) is 5.11. The van der Waals surface area contributed by atoms with Gasteiger partial charge in [-0.1, -0.05) is 90.6 Å². The van der Waals surface area contributed by atoms with E-state index in [2.05, 4.69) is 64.8 Å². The molecule has 1 aromatic heterocycles. The molecule has 0 saturated carbocycles. The third kappa shape index (κ3) is 7.47. The number of aromatic nitrogens is 2. The van der Waals surface area contributed by atoms with Crippen LogP contribution in [0.1, 0.15) is 23.6 Å². The number of anilines is 3. The zero-order chi connectivity index (χ0) is 31.7. The predicted octanol–water partition coefficient (Wildman–Crippen LogP) is 8.80. The van der Waals surface area contributed by atoms with Crippen molar-refractivity contribution in [2.75, 3.05) is 17.3 Å². The average Bonchev–Trinajstić information content (AvgIpc) is 3.10. The zero-order valence-corrected chi connectivity index (χ0v) is 26.5. The van der Waals surface area contributed by atoms with Crippen molar-refractivity contribution in [1.29, 1.82) is 0 Å². The van der Waals surface area contributed by atoms with Crippen molar-refractivity contribution in [3.05, 3.63) is 144 Å². The van der Waals surface area contributed by atoms with Crippen molar-refractivity contribution in [3.8, 4) is 5.75 Å². The van der Waals surface area contributed by atoms with E-state index >= 15 is 0 Å². The minimum atomic E-state index is -0.298. The first kappa shape index (κ1) is 30.7. The molecule has 0 aliphatic heterocycles. The molecule has 6 aromatic rings. The van der Waals surface area contributed by atoms with Gasteiger partial charge in [-0.3, -0.25) is 4.79 Å². The number of carbonyl (C=O) groups excluding carboxylic acids is 1. The molecule has 7 nitrogen and oxygen atoms in total. The average molecular weight is 627 g/mol. The summed E-state index contributed by atoms with van der Waals surface area (Å²) in [5.74, 6) is 1.84. The SMILES string of the molecule is COc1ccc(N(Cc2ccccc2)c2nc(NCc3ccccc3Sc3ccccc3COC(C)=O)nc3ccccc23)cc1. The van der Waals surface area contributed by atoms with Crippen molar-refractivity contribution >= 4 is 46.1 Å². The molecule has 230 valence electrons. The molecule has 0 unspecified atom stereocenters. The number of rotatable bonds is 12. The standard InChI is InChI=1S/C38H34N4O3S/c1-27(43)45-26-30-15-7-11-19-36(30)46-35-18-10-6-14-29(35)24-39-38-40-34-17-9-8-16-33(34)37(41-38)42(25-28-12-4-3-5-13-28)31-20-22-32(44-2)23-21-31/h3-23H,24-26H2,1-2H3,(H,39,40,41). The summed E-state index contributed by atoms with van der Waals surface area (Å²) in [6.07, 6.45) is 0. The summed E-state index contributed by atoms with van der Waals surface area (Å²) < 4.78 is 10.7. The summed E-state index contributed by atoms with van der Waals surface area (Å²) in [7, 11) is 1.67. The molecule has 6 rings (SSSR count). The van der Waals surface area contributed by atoms with Gasteiger partial charge in [-0.25, -0.2) is 4.98 Å². The van der Waals surface area contributed by atoms with Gasteiger partial charge in [0.1, 0.15) is 18.2 Å². The van der Waals surface area contributed by atoms with Crippen molar-refractivity contribution in [2.45, 2.75) is 36.4 Å². The zero-order valence-electron chi connectivity index (χ0n) is 25.7. The van der Waals surface area contributed by atoms with Crippen LogP contribution in [0.5, 0.6) is 5.75 Å². The van der Waals surface area contributed by atoms with E-state index in [0.717, 1.165) is 54.6 Å². The smallest absolute Gasteiger partial charge is 0.302 e. The van der Waals surface area contributed by atoms with E-state index in [9.17, 15) is 4.79 Å². The van der Waals surface area contributed by atoms with Crippen LogP contribution in [0, 0.1) is 0 Å². The molecule has 46 heavy (non-hydrogen) atoms. The molecule has 0 bridgehead atoms. The summed E-state index contributed by atoms with van der Waals surface area (Å²) in [6, 6.07) is 42.8. The predicted molar refractivity (Wildman–Crippen MR) is 185 cm³/mol. The molecule has 0 radical (unpaired) electrons. The lowest BCUT2D eigenvalue weighted by molar-refractivity contribution is -0.142. The highest BCUT2D eigenvalue weighted by molar-refractivity contribution is 7.99. The van der Waals surface area contributed by atoms with Gasteiger partial charge in [0.2, 0.25) is 5.95 Å². The van der Waals surface area contributed by atoms with Gasteiger partial charge in [0, 0.05) is 46.4 Å². The highest BCUT2D eigenvalue weighted by Crippen LogP contribution is 2.35. The van der Waals surface area contributed by atoms with Crippen molar-refractivity contribution < 1.29 is 14.3 Å². The second kappa shape index (κ2) is 14.6. The summed E-state index contributed by atoms with van der Waals surface area (Å²) in [6.45, 7) is 2.81. The van der Waals surface area contributed by atoms with Crippen molar-refractivity contribution in [3.63, 3.8) is 0 Å². The van der Waals surface area contributed by atoms with E-state index in [4.69, 9.17) is 19.4 Å². The van der Waals surface area contributed by atoms with Gasteiger partial charge < -0.3 is 19.7 Å². The van der Waals surface area contributed by atoms with E-state index < -0.39 is 0 Å². The van der Waals surface area contributed by atoms with Crippen LogP contribution in [0.2, 0.25) is 0 Å². The van der Waals surface area contributed by atoms with E-state index in [1.807, 2.05) is 72.8 Å². The van der Waals surface area contributed by atoms with Crippen molar-refractivity contribution in [1.82, 2.24) is 9.97 Å². The Hall–Kier alpha value is -5.34. The maximum atomic E-state index is 11.4. The molecule has 0 aliphatic rings. The third-order valence-electron chi connectivity index (χ3n) is 7.44. The minimum Gasteiger partial charge on any atom is -0.497 e. The lowest BCUT2D eigenvalue weighted by Crippen LogP contribution is -2.19. The first-order valence-electron chi connectivity index (χ1n) is 15.0. The fraction of sp³-hybridized carbons (Fsp3) is 0.132. The van der Waals surface area contributed by atoms with Gasteiger partial charge in [0.15, 0.2) is 0 Å². The Kier molecular flexibility index (Phi) is 9.75. The molecule has 0 spiro atoms. The van der Waals surface area contributed by atoms with Crippen LogP contribution in [0.3, 0.4) is 0 Å². The Balaban J connectivity index is 1.32. The highest BCUT2D eigenvalue weighted by atomic mass is 32.2. The molecule has 1 heterocycles. The summed E-state index contributed by atoms with van der Waals surface area (Å²) >= 11 is 1.65. The van der Waals surface area contributed by atoms with Crippen LogP contribution in [-0.4, -0.2) is 23.0 Å². The maximum Gasteiger partial charge on any atom is 0.302 e. The fourth-order valence-corrected chi connectivity index (χ4v) is 6.16. The van der Waals surface area contributed by atoms with Gasteiger partial charge in [0.25, 0.3) is 0 Å². The molecule has 8 heteroatoms. The number of hydrogen-bond donors (Lipinski definition) is 1. The van der Waals surface area contributed by atoms with E-state index in [1.165, 1.54) is 6.92 Å². The Morgan fingerprint density at radius 1 is 0.761 bits per heavy atom. The second-order valence-electron chi connectivity index (χ2n) is 10.6. The van der Waals surface area contributed by atoms with Crippen LogP contribution in [0.4, 0.5) is 17.5 Å². The molecule has 0 atom stereocenters. The Labute approximate surface area is 273 Å². The van der Waals surface area contributed by atoms with Crippen LogP contribution < -0.4 is 15.0 Å². The first-order valence-corrected chi connectivity index (χ1v) is 15.8. The van der Waals surface area contributed by atoms with E-state index in [1.54, 1.807) is 18.9 Å². The molecule has 5 aromatic carbocycles. The van der Waals surface area contributed by atoms with E-state index in [0.29, 0.717) is 19.0 Å². The molecule has 0 fully saturated rings. The maximum absolute atomic E-state index is 11.4. The van der Waals surface area contributed by atoms with Gasteiger partial charge in [-0.05, 0) is 59.7 Å². The lowest BCUT2D eigenvalue weighted by Gasteiger charge is -2.26. The molecular weight excluding hydrogens is 593 g/mol. The topological polar surface area (TPSA) is 76.6 Å². The Bertz CT molecular complexity index is 1930. The number of hydrogen-bond acceptors (Lipinski definition) is 8. The number of carbonyl (C=O) groups is 1. The molecule has 1 N–H and O–H groups in total. The van der Waals surface area contributed by atoms with Crippen LogP contribution in [0.15, 0.2) is 137 Å². The van der Waals surface area contributed by atoms with Crippen molar-refractivity contribution in [2.24, 2.45) is 0 Å². The van der Waals surface area contributed by atoms with E-state index in [-0.39, 0.29) is 12.6 Å². The normalized spacial score (nSPS) is 10.8. The Morgan fingerprint density at radius 3 is 2.15 bits per heavy atom. The molecule has 0 aliphatic carbocycles. The number of methoxy groups -OCH3 is 1. The number of nitrogens with zero attached hydrogens (tertiary/aromatic N) is 3. The van der Waals surface area contributed by atoms with Gasteiger partial charge in [0.05, 0.1) is 12.6 Å². The number of esters is 1. The van der Waals surface area contributed by atoms with Gasteiger partial charge in [-0.2, -0.15) is 4.98 Å². The van der Waals surface area contributed by atoms with Crippen LogP contribution in [0.25, 0.3) is 10.9 Å². The number of benzene rings is 5. The highest BCUT2D eigenvalue weighted by Gasteiger charge is 2.18. The second-order valence-corrected chi connectivity index (χ2v) is 11.7. The number of fused-ring (bicyclic) bond motifs is 1. The number of nitrogens with one attached hydrogen (secondary N) is 1. The first-order chi connectivity index (χ1) is 22.6. The largest absolute Gasteiger partial charge is 0.497 e. The molecular formula is C38H34N4O3S. The molecule has 0 amide bonds. The summed E-state index contributed by atoms with van der Waals surface area (Å²) in [5.41, 5.74) is 5.07. The van der Waals surface area contributed by atoms with Crippen LogP contribution >= 0.6 is 11.8 Å². The monoisotopic (exact) mass is 626 g/mol.